The minimum atomic E-state index is -3.85. The van der Waals surface area contributed by atoms with Crippen LogP contribution < -0.4 is 14.8 Å². The van der Waals surface area contributed by atoms with Gasteiger partial charge in [-0.25, -0.2) is 8.42 Å². The van der Waals surface area contributed by atoms with Gasteiger partial charge in [0.15, 0.2) is 0 Å². The molecular weight excluding hydrogens is 376 g/mol. The number of benzene rings is 2. The molecule has 28 heavy (non-hydrogen) atoms. The highest BCUT2D eigenvalue weighted by Crippen LogP contribution is 2.17. The third kappa shape index (κ3) is 6.65. The second kappa shape index (κ2) is 10.8. The molecule has 1 atom stereocenters. The fraction of sp³-hybridized carbons (Fsp3) is 0.381. The molecule has 2 N–H and O–H groups in total. The van der Waals surface area contributed by atoms with Crippen molar-refractivity contribution >= 4 is 15.9 Å². The van der Waals surface area contributed by atoms with Crippen molar-refractivity contribution in [3.8, 4) is 5.75 Å². The summed E-state index contributed by atoms with van der Waals surface area (Å²) in [5.74, 6) is 0.270. The van der Waals surface area contributed by atoms with Crippen LogP contribution in [0, 0.1) is 0 Å². The topological polar surface area (TPSA) is 84.5 Å². The minimum absolute atomic E-state index is 0.0929. The van der Waals surface area contributed by atoms with E-state index in [0.29, 0.717) is 18.9 Å². The van der Waals surface area contributed by atoms with Crippen LogP contribution in [0.25, 0.3) is 0 Å². The molecule has 2 rings (SSSR count). The molecule has 0 fully saturated rings. The van der Waals surface area contributed by atoms with Gasteiger partial charge in [0.25, 0.3) is 0 Å². The number of hydrogen-bond donors (Lipinski definition) is 2. The van der Waals surface area contributed by atoms with Crippen LogP contribution in [0.2, 0.25) is 0 Å². The number of rotatable bonds is 11. The first-order valence-electron chi connectivity index (χ1n) is 9.53. The Morgan fingerprint density at radius 3 is 2.32 bits per heavy atom. The molecule has 0 spiro atoms. The first kappa shape index (κ1) is 21.9. The largest absolute Gasteiger partial charge is 0.494 e. The van der Waals surface area contributed by atoms with E-state index in [1.165, 1.54) is 12.1 Å². The number of carbonyl (C=O) groups excluding carboxylic acids is 1. The van der Waals surface area contributed by atoms with Crippen molar-refractivity contribution in [2.45, 2.75) is 44.0 Å². The van der Waals surface area contributed by atoms with Crippen molar-refractivity contribution in [2.24, 2.45) is 0 Å². The summed E-state index contributed by atoms with van der Waals surface area (Å²) in [7, 11) is -3.85. The molecule has 2 aromatic carbocycles. The normalized spacial score (nSPS) is 12.4. The van der Waals surface area contributed by atoms with Gasteiger partial charge in [0.05, 0.1) is 11.5 Å². The zero-order valence-electron chi connectivity index (χ0n) is 16.4. The number of ether oxygens (including phenoxy) is 1. The molecule has 0 bridgehead atoms. The van der Waals surface area contributed by atoms with Gasteiger partial charge in [-0.1, -0.05) is 43.7 Å². The molecule has 2 aromatic rings. The van der Waals surface area contributed by atoms with Crippen LogP contribution in [0.5, 0.6) is 5.75 Å². The zero-order valence-corrected chi connectivity index (χ0v) is 17.2. The highest BCUT2D eigenvalue weighted by Gasteiger charge is 2.26. The fourth-order valence-corrected chi connectivity index (χ4v) is 3.88. The predicted octanol–water partition coefficient (Wildman–Crippen LogP) is 2.89. The second-order valence-electron chi connectivity index (χ2n) is 6.41. The van der Waals surface area contributed by atoms with Crippen LogP contribution in [0.15, 0.2) is 59.5 Å². The van der Waals surface area contributed by atoms with E-state index in [2.05, 4.69) is 10.0 Å². The monoisotopic (exact) mass is 404 g/mol. The summed E-state index contributed by atoms with van der Waals surface area (Å²) in [6, 6.07) is 14.6. The van der Waals surface area contributed by atoms with E-state index in [9.17, 15) is 13.2 Å². The lowest BCUT2D eigenvalue weighted by Gasteiger charge is -2.19. The van der Waals surface area contributed by atoms with Gasteiger partial charge in [0.2, 0.25) is 15.9 Å². The molecule has 1 unspecified atom stereocenters. The molecule has 0 radical (unpaired) electrons. The molecule has 7 heteroatoms. The zero-order chi connectivity index (χ0) is 20.4. The Kier molecular flexibility index (Phi) is 8.47. The Balaban J connectivity index is 2.17. The predicted molar refractivity (Wildman–Crippen MR) is 110 cm³/mol. The highest BCUT2D eigenvalue weighted by molar-refractivity contribution is 7.89. The molecule has 0 aliphatic carbocycles. The SMILES string of the molecule is CCCCNC(=O)C(Cc1ccccc1)NS(=O)(=O)c1ccc(OCC)cc1. The van der Waals surface area contributed by atoms with Crippen LogP contribution in [0.3, 0.4) is 0 Å². The van der Waals surface area contributed by atoms with E-state index in [0.717, 1.165) is 18.4 Å². The van der Waals surface area contributed by atoms with Crippen molar-refractivity contribution in [2.75, 3.05) is 13.2 Å². The Labute approximate surface area is 167 Å². The summed E-state index contributed by atoms with van der Waals surface area (Å²) in [5, 5.41) is 2.82. The van der Waals surface area contributed by atoms with Gasteiger partial charge >= 0.3 is 0 Å². The van der Waals surface area contributed by atoms with Crippen LogP contribution in [0.4, 0.5) is 0 Å². The van der Waals surface area contributed by atoms with Crippen molar-refractivity contribution in [3.05, 3.63) is 60.2 Å². The van der Waals surface area contributed by atoms with Crippen LogP contribution >= 0.6 is 0 Å². The van der Waals surface area contributed by atoms with E-state index in [4.69, 9.17) is 4.74 Å². The van der Waals surface area contributed by atoms with Crippen molar-refractivity contribution in [1.29, 1.82) is 0 Å². The lowest BCUT2D eigenvalue weighted by molar-refractivity contribution is -0.122. The maximum Gasteiger partial charge on any atom is 0.241 e. The first-order valence-corrected chi connectivity index (χ1v) is 11.0. The molecule has 0 heterocycles. The standard InChI is InChI=1S/C21H28N2O4S/c1-3-5-15-22-21(24)20(16-17-9-7-6-8-10-17)23-28(25,26)19-13-11-18(12-14-19)27-4-2/h6-14,20,23H,3-5,15-16H2,1-2H3,(H,22,24). The Morgan fingerprint density at radius 1 is 1.04 bits per heavy atom. The number of carbonyl (C=O) groups is 1. The third-order valence-corrected chi connectivity index (χ3v) is 5.66. The number of unbranched alkanes of at least 4 members (excludes halogenated alkanes) is 1. The summed E-state index contributed by atoms with van der Waals surface area (Å²) >= 11 is 0. The van der Waals surface area contributed by atoms with Gasteiger partial charge in [-0.15, -0.1) is 0 Å². The van der Waals surface area contributed by atoms with E-state index >= 15 is 0 Å². The summed E-state index contributed by atoms with van der Waals surface area (Å²) in [6.07, 6.45) is 2.06. The molecule has 1 amide bonds. The lowest BCUT2D eigenvalue weighted by Crippen LogP contribution is -2.48. The molecule has 152 valence electrons. The van der Waals surface area contributed by atoms with E-state index < -0.39 is 16.1 Å². The van der Waals surface area contributed by atoms with Crippen molar-refractivity contribution in [1.82, 2.24) is 10.0 Å². The van der Waals surface area contributed by atoms with Crippen molar-refractivity contribution < 1.29 is 17.9 Å². The summed E-state index contributed by atoms with van der Waals surface area (Å²) in [6.45, 7) is 4.91. The maximum absolute atomic E-state index is 12.8. The average Bonchev–Trinajstić information content (AvgIpc) is 2.69. The van der Waals surface area contributed by atoms with E-state index in [1.54, 1.807) is 12.1 Å². The third-order valence-electron chi connectivity index (χ3n) is 4.17. The van der Waals surface area contributed by atoms with E-state index in [-0.39, 0.29) is 17.2 Å². The first-order chi connectivity index (χ1) is 13.5. The molecule has 0 saturated carbocycles. The summed E-state index contributed by atoms with van der Waals surface area (Å²) in [5.41, 5.74) is 0.882. The van der Waals surface area contributed by atoms with Gasteiger partial charge in [-0.3, -0.25) is 4.79 Å². The molecule has 0 aliphatic rings. The summed E-state index contributed by atoms with van der Waals surface area (Å²) < 4.78 is 33.5. The van der Waals surface area contributed by atoms with Crippen molar-refractivity contribution in [3.63, 3.8) is 0 Å². The second-order valence-corrected chi connectivity index (χ2v) is 8.13. The van der Waals surface area contributed by atoms with Gasteiger partial charge in [0, 0.05) is 6.54 Å². The smallest absolute Gasteiger partial charge is 0.241 e. The Bertz CT molecular complexity index is 836. The number of nitrogens with one attached hydrogen (secondary N) is 2. The van der Waals surface area contributed by atoms with Crippen LogP contribution in [-0.4, -0.2) is 33.5 Å². The summed E-state index contributed by atoms with van der Waals surface area (Å²) in [4.78, 5) is 12.7. The molecule has 0 aromatic heterocycles. The minimum Gasteiger partial charge on any atom is -0.494 e. The van der Waals surface area contributed by atoms with Gasteiger partial charge in [-0.05, 0) is 49.6 Å². The fourth-order valence-electron chi connectivity index (χ4n) is 2.69. The average molecular weight is 405 g/mol. The van der Waals surface area contributed by atoms with Gasteiger partial charge < -0.3 is 10.1 Å². The Morgan fingerprint density at radius 2 is 1.71 bits per heavy atom. The maximum atomic E-state index is 12.8. The van der Waals surface area contributed by atoms with Crippen LogP contribution in [-0.2, 0) is 21.2 Å². The van der Waals surface area contributed by atoms with Gasteiger partial charge in [-0.2, -0.15) is 4.72 Å². The van der Waals surface area contributed by atoms with Gasteiger partial charge in [0.1, 0.15) is 11.8 Å². The number of sulfonamides is 1. The molecule has 0 aliphatic heterocycles. The van der Waals surface area contributed by atoms with Crippen LogP contribution in [0.1, 0.15) is 32.3 Å². The van der Waals surface area contributed by atoms with E-state index in [1.807, 2.05) is 44.2 Å². The molecule has 6 nitrogen and oxygen atoms in total. The number of hydrogen-bond acceptors (Lipinski definition) is 4. The quantitative estimate of drug-likeness (QED) is 0.564. The highest BCUT2D eigenvalue weighted by atomic mass is 32.2. The number of amides is 1. The lowest BCUT2D eigenvalue weighted by atomic mass is 10.1. The molecule has 0 saturated heterocycles. The molecular formula is C21H28N2O4S. The Hall–Kier alpha value is -2.38.